The summed E-state index contributed by atoms with van der Waals surface area (Å²) < 4.78 is 6.20. The van der Waals surface area contributed by atoms with Crippen LogP contribution in [0.2, 0.25) is 0 Å². The Labute approximate surface area is 139 Å². The fourth-order valence-corrected chi connectivity index (χ4v) is 4.02. The molecule has 5 heteroatoms. The summed E-state index contributed by atoms with van der Waals surface area (Å²) in [5.74, 6) is -0.151. The Morgan fingerprint density at radius 3 is 2.83 bits per heavy atom. The van der Waals surface area contributed by atoms with Crippen molar-refractivity contribution in [3.05, 3.63) is 35.2 Å². The summed E-state index contributed by atoms with van der Waals surface area (Å²) in [6.07, 6.45) is 4.54. The Morgan fingerprint density at radius 2 is 2.04 bits per heavy atom. The molecule has 2 aromatic rings. The molecule has 0 saturated heterocycles. The third-order valence-corrected chi connectivity index (χ3v) is 5.52. The molecule has 1 aromatic heterocycles. The second-order valence-corrected chi connectivity index (χ2v) is 7.24. The van der Waals surface area contributed by atoms with E-state index in [0.29, 0.717) is 10.8 Å². The molecule has 1 aliphatic carbocycles. The van der Waals surface area contributed by atoms with E-state index in [-0.39, 0.29) is 18.6 Å². The van der Waals surface area contributed by atoms with Gasteiger partial charge in [-0.1, -0.05) is 38.0 Å². The molecule has 0 bridgehead atoms. The molecule has 1 saturated carbocycles. The monoisotopic (exact) mass is 331 g/mol. The smallest absolute Gasteiger partial charge is 0.348 e. The van der Waals surface area contributed by atoms with Crippen molar-refractivity contribution >= 4 is 33.3 Å². The predicted molar refractivity (Wildman–Crippen MR) is 91.7 cm³/mol. The molecule has 0 aliphatic heterocycles. The van der Waals surface area contributed by atoms with Gasteiger partial charge in [-0.3, -0.25) is 4.79 Å². The number of benzene rings is 1. The average Bonchev–Trinajstić information content (AvgIpc) is 2.99. The van der Waals surface area contributed by atoms with E-state index < -0.39 is 5.97 Å². The van der Waals surface area contributed by atoms with Crippen molar-refractivity contribution < 1.29 is 14.3 Å². The predicted octanol–water partition coefficient (Wildman–Crippen LogP) is 3.75. The van der Waals surface area contributed by atoms with Crippen molar-refractivity contribution in [1.29, 1.82) is 0 Å². The molecule has 2 atom stereocenters. The number of hydrogen-bond acceptors (Lipinski definition) is 4. The van der Waals surface area contributed by atoms with Gasteiger partial charge in [0.2, 0.25) is 0 Å². The van der Waals surface area contributed by atoms with Gasteiger partial charge in [-0.2, -0.15) is 0 Å². The van der Waals surface area contributed by atoms with Crippen molar-refractivity contribution in [2.24, 2.45) is 5.92 Å². The molecule has 1 amide bonds. The minimum atomic E-state index is -0.432. The second-order valence-electron chi connectivity index (χ2n) is 6.16. The molecule has 1 aliphatic rings. The number of ether oxygens (including phenoxy) is 1. The van der Waals surface area contributed by atoms with Crippen LogP contribution < -0.4 is 5.32 Å². The van der Waals surface area contributed by atoms with Crippen LogP contribution in [0, 0.1) is 5.92 Å². The van der Waals surface area contributed by atoms with Crippen LogP contribution in [-0.4, -0.2) is 24.5 Å². The maximum absolute atomic E-state index is 12.1. The Balaban J connectivity index is 1.52. The van der Waals surface area contributed by atoms with Crippen LogP contribution in [0.3, 0.4) is 0 Å². The highest BCUT2D eigenvalue weighted by Crippen LogP contribution is 2.26. The maximum atomic E-state index is 12.1. The zero-order valence-electron chi connectivity index (χ0n) is 13.2. The molecule has 0 unspecified atom stereocenters. The molecule has 1 heterocycles. The number of hydrogen-bond donors (Lipinski definition) is 1. The van der Waals surface area contributed by atoms with Crippen LogP contribution in [0.4, 0.5) is 0 Å². The van der Waals surface area contributed by atoms with E-state index in [1.807, 2.05) is 30.3 Å². The van der Waals surface area contributed by atoms with Crippen molar-refractivity contribution in [1.82, 2.24) is 5.32 Å². The minimum Gasteiger partial charge on any atom is -0.451 e. The summed E-state index contributed by atoms with van der Waals surface area (Å²) >= 11 is 1.39. The number of nitrogens with one attached hydrogen (secondary N) is 1. The molecule has 0 radical (unpaired) electrons. The largest absolute Gasteiger partial charge is 0.451 e. The third-order valence-electron chi connectivity index (χ3n) is 4.42. The Kier molecular flexibility index (Phi) is 4.96. The highest BCUT2D eigenvalue weighted by Gasteiger charge is 2.23. The molecular weight excluding hydrogens is 310 g/mol. The van der Waals surface area contributed by atoms with Gasteiger partial charge >= 0.3 is 5.97 Å². The zero-order valence-corrected chi connectivity index (χ0v) is 14.0. The SMILES string of the molecule is C[C@@H]1CCCC[C@H]1NC(=O)COC(=O)c1cc2ccccc2s1. The van der Waals surface area contributed by atoms with Gasteiger partial charge in [-0.05, 0) is 36.3 Å². The van der Waals surface area contributed by atoms with Crippen molar-refractivity contribution in [2.45, 2.75) is 38.6 Å². The lowest BCUT2D eigenvalue weighted by Gasteiger charge is -2.29. The number of thiophene rings is 1. The van der Waals surface area contributed by atoms with E-state index in [4.69, 9.17) is 4.74 Å². The Bertz CT molecular complexity index is 676. The van der Waals surface area contributed by atoms with E-state index in [1.165, 1.54) is 17.8 Å². The van der Waals surface area contributed by atoms with Crippen LogP contribution in [0.1, 0.15) is 42.3 Å². The molecule has 1 N–H and O–H groups in total. The summed E-state index contributed by atoms with van der Waals surface area (Å²) in [5, 5.41) is 4.01. The molecule has 23 heavy (non-hydrogen) atoms. The Hall–Kier alpha value is -1.88. The van der Waals surface area contributed by atoms with Gasteiger partial charge in [0.1, 0.15) is 4.88 Å². The van der Waals surface area contributed by atoms with E-state index in [9.17, 15) is 9.59 Å². The summed E-state index contributed by atoms with van der Waals surface area (Å²) in [5.41, 5.74) is 0. The molecular formula is C18H21NO3S. The highest BCUT2D eigenvalue weighted by atomic mass is 32.1. The van der Waals surface area contributed by atoms with Crippen molar-refractivity contribution in [2.75, 3.05) is 6.61 Å². The van der Waals surface area contributed by atoms with Gasteiger partial charge in [-0.15, -0.1) is 11.3 Å². The summed E-state index contributed by atoms with van der Waals surface area (Å²) in [7, 11) is 0. The molecule has 1 fully saturated rings. The van der Waals surface area contributed by atoms with Gasteiger partial charge in [0.25, 0.3) is 5.91 Å². The lowest BCUT2D eigenvalue weighted by molar-refractivity contribution is -0.125. The van der Waals surface area contributed by atoms with Crippen LogP contribution in [0.15, 0.2) is 30.3 Å². The minimum absolute atomic E-state index is 0.208. The van der Waals surface area contributed by atoms with Gasteiger partial charge in [0, 0.05) is 10.7 Å². The number of rotatable bonds is 4. The molecule has 4 nitrogen and oxygen atoms in total. The topological polar surface area (TPSA) is 55.4 Å². The number of amides is 1. The number of esters is 1. The first-order chi connectivity index (χ1) is 11.1. The van der Waals surface area contributed by atoms with E-state index in [1.54, 1.807) is 0 Å². The van der Waals surface area contributed by atoms with E-state index in [0.717, 1.165) is 29.3 Å². The van der Waals surface area contributed by atoms with Gasteiger partial charge in [-0.25, -0.2) is 4.79 Å². The number of carbonyl (C=O) groups excluding carboxylic acids is 2. The zero-order chi connectivity index (χ0) is 16.2. The standard InChI is InChI=1S/C18H21NO3S/c1-12-6-2-4-8-14(12)19-17(20)11-22-18(21)16-10-13-7-3-5-9-15(13)23-16/h3,5,7,9-10,12,14H,2,4,6,8,11H2,1H3,(H,19,20)/t12-,14-/m1/s1. The van der Waals surface area contributed by atoms with Crippen LogP contribution in [-0.2, 0) is 9.53 Å². The lowest BCUT2D eigenvalue weighted by Crippen LogP contribution is -2.42. The van der Waals surface area contributed by atoms with Crippen LogP contribution in [0.5, 0.6) is 0 Å². The van der Waals surface area contributed by atoms with Gasteiger partial charge < -0.3 is 10.1 Å². The fourth-order valence-electron chi connectivity index (χ4n) is 3.06. The van der Waals surface area contributed by atoms with Gasteiger partial charge in [0.05, 0.1) is 0 Å². The number of fused-ring (bicyclic) bond motifs is 1. The normalized spacial score (nSPS) is 21.1. The second kappa shape index (κ2) is 7.13. The van der Waals surface area contributed by atoms with Crippen molar-refractivity contribution in [3.63, 3.8) is 0 Å². The highest BCUT2D eigenvalue weighted by molar-refractivity contribution is 7.20. The van der Waals surface area contributed by atoms with E-state index >= 15 is 0 Å². The maximum Gasteiger partial charge on any atom is 0.348 e. The summed E-state index contributed by atoms with van der Waals surface area (Å²) in [6.45, 7) is 1.95. The summed E-state index contributed by atoms with van der Waals surface area (Å²) in [6, 6.07) is 9.81. The number of carbonyl (C=O) groups is 2. The molecule has 122 valence electrons. The average molecular weight is 331 g/mol. The van der Waals surface area contributed by atoms with Crippen LogP contribution in [0.25, 0.3) is 10.1 Å². The molecule has 0 spiro atoms. The fraction of sp³-hybridized carbons (Fsp3) is 0.444. The van der Waals surface area contributed by atoms with Crippen LogP contribution >= 0.6 is 11.3 Å². The summed E-state index contributed by atoms with van der Waals surface area (Å²) in [4.78, 5) is 24.6. The van der Waals surface area contributed by atoms with Gasteiger partial charge in [0.15, 0.2) is 6.61 Å². The first-order valence-corrected chi connectivity index (χ1v) is 8.90. The lowest BCUT2D eigenvalue weighted by atomic mass is 9.86. The third kappa shape index (κ3) is 3.91. The van der Waals surface area contributed by atoms with E-state index in [2.05, 4.69) is 12.2 Å². The molecule has 1 aromatic carbocycles. The molecule has 3 rings (SSSR count). The quantitative estimate of drug-likeness (QED) is 0.868. The first-order valence-electron chi connectivity index (χ1n) is 8.08. The van der Waals surface area contributed by atoms with Crippen molar-refractivity contribution in [3.8, 4) is 0 Å². The first kappa shape index (κ1) is 16.0. The Morgan fingerprint density at radius 1 is 1.26 bits per heavy atom.